The molecule has 0 aromatic heterocycles. The van der Waals surface area contributed by atoms with Gasteiger partial charge in [-0.05, 0) is 50.6 Å². The normalized spacial score (nSPS) is 11.0. The van der Waals surface area contributed by atoms with Crippen molar-refractivity contribution in [1.82, 2.24) is 0 Å². The molecule has 0 atom stereocenters. The molecular weight excluding hydrogens is 372 g/mol. The van der Waals surface area contributed by atoms with Crippen molar-refractivity contribution in [2.45, 2.75) is 26.4 Å². The van der Waals surface area contributed by atoms with Crippen LogP contribution in [0.5, 0.6) is 0 Å². The van der Waals surface area contributed by atoms with Gasteiger partial charge in [0, 0.05) is 11.8 Å². The largest absolute Gasteiger partial charge is 0.465 e. The first-order valence-electron chi connectivity index (χ1n) is 8.95. The van der Waals surface area contributed by atoms with Gasteiger partial charge >= 0.3 is 18.0 Å². The van der Waals surface area contributed by atoms with Crippen LogP contribution in [0.3, 0.4) is 0 Å². The maximum absolute atomic E-state index is 12.4. The Hall–Kier alpha value is -3.61. The Morgan fingerprint density at radius 2 is 1.48 bits per heavy atom. The van der Waals surface area contributed by atoms with E-state index in [9.17, 15) is 14.4 Å². The highest BCUT2D eigenvalue weighted by atomic mass is 16.6. The van der Waals surface area contributed by atoms with Gasteiger partial charge in [-0.1, -0.05) is 30.3 Å². The van der Waals surface area contributed by atoms with Crippen LogP contribution in [0, 0.1) is 0 Å². The lowest BCUT2D eigenvalue weighted by Crippen LogP contribution is -2.22. The molecule has 0 heterocycles. The standard InChI is InChI=1S/C22H24N2O5/c1-22(2,3)29-19(25)14-13-15-9-5-7-11-17(15)23-21(27)24-18-12-8-6-10-16(18)20(26)28-4/h5-14H,1-4H3,(H2,23,24,27)/b14-13+. The summed E-state index contributed by atoms with van der Waals surface area (Å²) in [5.41, 5.74) is 1.07. The number of carbonyl (C=O) groups excluding carboxylic acids is 3. The Labute approximate surface area is 169 Å². The smallest absolute Gasteiger partial charge is 0.339 e. The molecule has 0 aliphatic carbocycles. The summed E-state index contributed by atoms with van der Waals surface area (Å²) in [6.07, 6.45) is 2.86. The van der Waals surface area contributed by atoms with Gasteiger partial charge in [0.2, 0.25) is 0 Å². The highest BCUT2D eigenvalue weighted by Crippen LogP contribution is 2.20. The summed E-state index contributed by atoms with van der Waals surface area (Å²) >= 11 is 0. The molecule has 152 valence electrons. The number of ether oxygens (including phenoxy) is 2. The van der Waals surface area contributed by atoms with Gasteiger partial charge in [0.15, 0.2) is 0 Å². The fraction of sp³-hybridized carbons (Fsp3) is 0.227. The van der Waals surface area contributed by atoms with Crippen LogP contribution in [-0.4, -0.2) is 30.7 Å². The summed E-state index contributed by atoms with van der Waals surface area (Å²) in [4.78, 5) is 36.1. The number of carbonyl (C=O) groups is 3. The third-order valence-corrected chi connectivity index (χ3v) is 3.60. The molecule has 2 N–H and O–H groups in total. The van der Waals surface area contributed by atoms with Crippen LogP contribution in [0.2, 0.25) is 0 Å². The minimum absolute atomic E-state index is 0.239. The molecule has 2 rings (SSSR count). The van der Waals surface area contributed by atoms with E-state index in [4.69, 9.17) is 9.47 Å². The first-order valence-corrected chi connectivity index (χ1v) is 8.95. The molecule has 7 heteroatoms. The Morgan fingerprint density at radius 3 is 2.14 bits per heavy atom. The number of rotatable bonds is 5. The SMILES string of the molecule is COC(=O)c1ccccc1NC(=O)Nc1ccccc1/C=C/C(=O)OC(C)(C)C. The zero-order chi connectivity index (χ0) is 21.4. The first kappa shape index (κ1) is 21.7. The first-order chi connectivity index (χ1) is 13.7. The van der Waals surface area contributed by atoms with Crippen LogP contribution in [-0.2, 0) is 14.3 Å². The second kappa shape index (κ2) is 9.54. The average Bonchev–Trinajstić information content (AvgIpc) is 2.65. The number of amides is 2. The van der Waals surface area contributed by atoms with Crippen LogP contribution in [0.1, 0.15) is 36.7 Å². The van der Waals surface area contributed by atoms with E-state index in [0.717, 1.165) is 0 Å². The third kappa shape index (κ3) is 6.80. The Balaban J connectivity index is 2.13. The molecule has 0 aliphatic heterocycles. The van der Waals surface area contributed by atoms with Gasteiger partial charge in [-0.15, -0.1) is 0 Å². The molecule has 0 saturated heterocycles. The number of urea groups is 1. The van der Waals surface area contributed by atoms with Crippen molar-refractivity contribution in [2.24, 2.45) is 0 Å². The number of anilines is 2. The molecule has 0 aliphatic rings. The van der Waals surface area contributed by atoms with E-state index in [1.54, 1.807) is 75.4 Å². The van der Waals surface area contributed by atoms with Gasteiger partial charge in [-0.25, -0.2) is 14.4 Å². The minimum Gasteiger partial charge on any atom is -0.465 e. The highest BCUT2D eigenvalue weighted by Gasteiger charge is 2.15. The molecule has 2 amide bonds. The fourth-order valence-corrected chi connectivity index (χ4v) is 2.41. The third-order valence-electron chi connectivity index (χ3n) is 3.60. The molecule has 2 aromatic carbocycles. The second-order valence-corrected chi connectivity index (χ2v) is 7.07. The van der Waals surface area contributed by atoms with Crippen molar-refractivity contribution in [3.63, 3.8) is 0 Å². The monoisotopic (exact) mass is 396 g/mol. The molecule has 29 heavy (non-hydrogen) atoms. The maximum Gasteiger partial charge on any atom is 0.339 e. The summed E-state index contributed by atoms with van der Waals surface area (Å²) in [7, 11) is 1.27. The molecule has 0 bridgehead atoms. The number of nitrogens with one attached hydrogen (secondary N) is 2. The van der Waals surface area contributed by atoms with Crippen molar-refractivity contribution in [3.8, 4) is 0 Å². The van der Waals surface area contributed by atoms with Crippen molar-refractivity contribution in [2.75, 3.05) is 17.7 Å². The lowest BCUT2D eigenvalue weighted by atomic mass is 10.1. The van der Waals surface area contributed by atoms with E-state index in [1.165, 1.54) is 13.2 Å². The summed E-state index contributed by atoms with van der Waals surface area (Å²) in [5.74, 6) is -1.04. The van der Waals surface area contributed by atoms with Crippen LogP contribution in [0.4, 0.5) is 16.2 Å². The predicted octanol–water partition coefficient (Wildman–Crippen LogP) is 4.47. The van der Waals surface area contributed by atoms with Gasteiger partial charge in [0.05, 0.1) is 18.4 Å². The number of hydrogen-bond acceptors (Lipinski definition) is 5. The van der Waals surface area contributed by atoms with Crippen LogP contribution >= 0.6 is 0 Å². The van der Waals surface area contributed by atoms with E-state index in [-0.39, 0.29) is 5.56 Å². The molecule has 0 saturated carbocycles. The average molecular weight is 396 g/mol. The predicted molar refractivity (Wildman–Crippen MR) is 112 cm³/mol. The topological polar surface area (TPSA) is 93.7 Å². The second-order valence-electron chi connectivity index (χ2n) is 7.07. The van der Waals surface area contributed by atoms with Gasteiger partial charge < -0.3 is 20.1 Å². The number of hydrogen-bond donors (Lipinski definition) is 2. The highest BCUT2D eigenvalue weighted by molar-refractivity contribution is 6.05. The summed E-state index contributed by atoms with van der Waals surface area (Å²) < 4.78 is 9.96. The van der Waals surface area contributed by atoms with Crippen molar-refractivity contribution in [3.05, 3.63) is 65.7 Å². The van der Waals surface area contributed by atoms with Gasteiger partial charge in [-0.2, -0.15) is 0 Å². The Kier molecular flexibility index (Phi) is 7.14. The number of esters is 2. The number of benzene rings is 2. The number of para-hydroxylation sites is 2. The fourth-order valence-electron chi connectivity index (χ4n) is 2.41. The van der Waals surface area contributed by atoms with E-state index < -0.39 is 23.6 Å². The van der Waals surface area contributed by atoms with E-state index in [0.29, 0.717) is 16.9 Å². The molecule has 2 aromatic rings. The Morgan fingerprint density at radius 1 is 0.897 bits per heavy atom. The van der Waals surface area contributed by atoms with E-state index >= 15 is 0 Å². The van der Waals surface area contributed by atoms with Crippen molar-refractivity contribution < 1.29 is 23.9 Å². The van der Waals surface area contributed by atoms with Crippen molar-refractivity contribution in [1.29, 1.82) is 0 Å². The minimum atomic E-state index is -0.591. The van der Waals surface area contributed by atoms with E-state index in [2.05, 4.69) is 10.6 Å². The molecular formula is C22H24N2O5. The molecule has 0 spiro atoms. The van der Waals surface area contributed by atoms with Crippen LogP contribution in [0.25, 0.3) is 6.08 Å². The lowest BCUT2D eigenvalue weighted by molar-refractivity contribution is -0.148. The van der Waals surface area contributed by atoms with Crippen LogP contribution < -0.4 is 10.6 Å². The number of methoxy groups -OCH3 is 1. The molecule has 7 nitrogen and oxygen atoms in total. The van der Waals surface area contributed by atoms with Gasteiger partial charge in [0.1, 0.15) is 5.60 Å². The van der Waals surface area contributed by atoms with Crippen LogP contribution in [0.15, 0.2) is 54.6 Å². The summed E-state index contributed by atoms with van der Waals surface area (Å²) in [6.45, 7) is 5.35. The maximum atomic E-state index is 12.4. The molecule has 0 unspecified atom stereocenters. The van der Waals surface area contributed by atoms with Gasteiger partial charge in [0.25, 0.3) is 0 Å². The van der Waals surface area contributed by atoms with Gasteiger partial charge in [-0.3, -0.25) is 0 Å². The molecule has 0 fully saturated rings. The van der Waals surface area contributed by atoms with E-state index in [1.807, 2.05) is 0 Å². The lowest BCUT2D eigenvalue weighted by Gasteiger charge is -2.18. The Bertz CT molecular complexity index is 929. The zero-order valence-electron chi connectivity index (χ0n) is 16.8. The summed E-state index contributed by atoms with van der Waals surface area (Å²) in [6, 6.07) is 13.0. The quantitative estimate of drug-likeness (QED) is 0.574. The van der Waals surface area contributed by atoms with Crippen molar-refractivity contribution >= 4 is 35.4 Å². The molecule has 0 radical (unpaired) electrons. The zero-order valence-corrected chi connectivity index (χ0v) is 16.8. The summed E-state index contributed by atoms with van der Waals surface area (Å²) in [5, 5.41) is 5.34.